The van der Waals surface area contributed by atoms with Crippen LogP contribution in [0.5, 0.6) is 11.6 Å². The number of carbonyl (C=O) groups is 1. The first-order chi connectivity index (χ1) is 13.0. The van der Waals surface area contributed by atoms with Crippen LogP contribution in [0.25, 0.3) is 11.3 Å². The third-order valence-corrected chi connectivity index (χ3v) is 4.40. The second-order valence-electron chi connectivity index (χ2n) is 5.24. The van der Waals surface area contributed by atoms with Crippen LogP contribution in [0, 0.1) is 0 Å². The zero-order valence-electron chi connectivity index (χ0n) is 14.3. The van der Waals surface area contributed by atoms with E-state index in [1.807, 2.05) is 6.26 Å². The molecule has 27 heavy (non-hydrogen) atoms. The molecule has 3 aromatic rings. The minimum absolute atomic E-state index is 0.185. The fourth-order valence-electron chi connectivity index (χ4n) is 2.23. The minimum atomic E-state index is -0.523. The van der Waals surface area contributed by atoms with Gasteiger partial charge in [0.1, 0.15) is 0 Å². The largest absolute Gasteiger partial charge is 0.465 e. The normalized spacial score (nSPS) is 10.5. The van der Waals surface area contributed by atoms with Crippen LogP contribution in [0.4, 0.5) is 0 Å². The van der Waals surface area contributed by atoms with E-state index < -0.39 is 5.97 Å². The van der Waals surface area contributed by atoms with Crippen LogP contribution < -0.4 is 4.74 Å². The van der Waals surface area contributed by atoms with Gasteiger partial charge in [0.25, 0.3) is 0 Å². The zero-order chi connectivity index (χ0) is 19.4. The molecular weight excluding hydrogens is 409 g/mol. The van der Waals surface area contributed by atoms with E-state index in [1.54, 1.807) is 24.3 Å². The Balaban J connectivity index is 2.03. The third kappa shape index (κ3) is 4.88. The number of rotatable bonds is 5. The highest BCUT2D eigenvalue weighted by molar-refractivity contribution is 7.98. The van der Waals surface area contributed by atoms with E-state index in [2.05, 4.69) is 15.0 Å². The van der Waals surface area contributed by atoms with Gasteiger partial charge in [-0.25, -0.2) is 19.7 Å². The molecule has 0 fully saturated rings. The van der Waals surface area contributed by atoms with Crippen LogP contribution in [-0.4, -0.2) is 34.3 Å². The Morgan fingerprint density at radius 1 is 1.04 bits per heavy atom. The molecule has 0 saturated carbocycles. The molecule has 0 N–H and O–H groups in total. The standard InChI is InChI=1S/C18H13Cl2N3O3S/c1-25-17(24)11-5-15(10-3-12(19)7-13(20)4-10)23-16(6-11)26-14-8-21-18(27-2)22-9-14/h3-9H,1-2H3. The van der Waals surface area contributed by atoms with Gasteiger partial charge in [0, 0.05) is 21.7 Å². The Kier molecular flexibility index (Phi) is 6.15. The topological polar surface area (TPSA) is 74.2 Å². The summed E-state index contributed by atoms with van der Waals surface area (Å²) in [6.45, 7) is 0. The molecule has 0 aliphatic carbocycles. The average molecular weight is 422 g/mol. The zero-order valence-corrected chi connectivity index (χ0v) is 16.6. The predicted molar refractivity (Wildman–Crippen MR) is 105 cm³/mol. The van der Waals surface area contributed by atoms with Crippen molar-refractivity contribution in [2.45, 2.75) is 5.16 Å². The second-order valence-corrected chi connectivity index (χ2v) is 6.88. The van der Waals surface area contributed by atoms with E-state index in [9.17, 15) is 4.79 Å². The molecule has 2 heterocycles. The molecule has 0 aliphatic rings. The summed E-state index contributed by atoms with van der Waals surface area (Å²) in [7, 11) is 1.30. The van der Waals surface area contributed by atoms with E-state index in [0.717, 1.165) is 0 Å². The fourth-order valence-corrected chi connectivity index (χ4v) is 3.07. The Bertz CT molecular complexity index is 964. The van der Waals surface area contributed by atoms with Gasteiger partial charge < -0.3 is 9.47 Å². The van der Waals surface area contributed by atoms with Gasteiger partial charge in [-0.05, 0) is 30.5 Å². The lowest BCUT2D eigenvalue weighted by atomic mass is 10.1. The number of ether oxygens (including phenoxy) is 2. The third-order valence-electron chi connectivity index (χ3n) is 3.39. The van der Waals surface area contributed by atoms with Gasteiger partial charge in [-0.1, -0.05) is 35.0 Å². The number of nitrogens with zero attached hydrogens (tertiary/aromatic N) is 3. The molecular formula is C18H13Cl2N3O3S. The molecule has 0 unspecified atom stereocenters. The molecule has 9 heteroatoms. The van der Waals surface area contributed by atoms with Crippen molar-refractivity contribution in [3.05, 3.63) is 58.3 Å². The highest BCUT2D eigenvalue weighted by Gasteiger charge is 2.14. The Morgan fingerprint density at radius 2 is 1.70 bits per heavy atom. The average Bonchev–Trinajstić information content (AvgIpc) is 2.67. The van der Waals surface area contributed by atoms with Gasteiger partial charge in [-0.15, -0.1) is 0 Å². The monoisotopic (exact) mass is 421 g/mol. The molecule has 1 aromatic carbocycles. The van der Waals surface area contributed by atoms with Crippen LogP contribution in [0.1, 0.15) is 10.4 Å². The van der Waals surface area contributed by atoms with E-state index in [4.69, 9.17) is 32.7 Å². The van der Waals surface area contributed by atoms with E-state index in [1.165, 1.54) is 37.3 Å². The summed E-state index contributed by atoms with van der Waals surface area (Å²) in [4.78, 5) is 24.8. The maximum absolute atomic E-state index is 12.0. The number of halogens is 2. The maximum Gasteiger partial charge on any atom is 0.338 e. The molecule has 0 radical (unpaired) electrons. The summed E-state index contributed by atoms with van der Waals surface area (Å²) < 4.78 is 10.5. The second kappa shape index (κ2) is 8.56. The van der Waals surface area contributed by atoms with Crippen molar-refractivity contribution in [2.24, 2.45) is 0 Å². The SMILES string of the molecule is COC(=O)c1cc(Oc2cnc(SC)nc2)nc(-c2cc(Cl)cc(Cl)c2)c1. The molecule has 2 aromatic heterocycles. The maximum atomic E-state index is 12.0. The molecule has 3 rings (SSSR count). The Labute approximate surface area is 169 Å². The quantitative estimate of drug-likeness (QED) is 0.320. The summed E-state index contributed by atoms with van der Waals surface area (Å²) in [5, 5.41) is 1.52. The summed E-state index contributed by atoms with van der Waals surface area (Å²) in [5.74, 6) is 0.0486. The Morgan fingerprint density at radius 3 is 2.30 bits per heavy atom. The number of thioether (sulfide) groups is 1. The van der Waals surface area contributed by atoms with Crippen LogP contribution in [0.2, 0.25) is 10.0 Å². The summed E-state index contributed by atoms with van der Waals surface area (Å²) >= 11 is 13.6. The molecule has 0 amide bonds. The highest BCUT2D eigenvalue weighted by Crippen LogP contribution is 2.30. The van der Waals surface area contributed by atoms with E-state index in [0.29, 0.717) is 32.2 Å². The summed E-state index contributed by atoms with van der Waals surface area (Å²) in [5.41, 5.74) is 1.37. The lowest BCUT2D eigenvalue weighted by Gasteiger charge is -2.10. The van der Waals surface area contributed by atoms with Gasteiger partial charge in [0.15, 0.2) is 10.9 Å². The van der Waals surface area contributed by atoms with Crippen LogP contribution >= 0.6 is 35.0 Å². The number of esters is 1. The number of aromatic nitrogens is 3. The first-order valence-corrected chi connectivity index (χ1v) is 9.57. The first-order valence-electron chi connectivity index (χ1n) is 7.59. The van der Waals surface area contributed by atoms with Gasteiger partial charge >= 0.3 is 5.97 Å². The molecule has 6 nitrogen and oxygen atoms in total. The number of methoxy groups -OCH3 is 1. The Hall–Kier alpha value is -2.35. The lowest BCUT2D eigenvalue weighted by Crippen LogP contribution is -2.03. The van der Waals surface area contributed by atoms with E-state index >= 15 is 0 Å². The summed E-state index contributed by atoms with van der Waals surface area (Å²) in [6, 6.07) is 8.05. The van der Waals surface area contributed by atoms with Crippen LogP contribution in [-0.2, 0) is 4.74 Å². The van der Waals surface area contributed by atoms with Crippen molar-refractivity contribution in [2.75, 3.05) is 13.4 Å². The van der Waals surface area contributed by atoms with Gasteiger partial charge in [-0.3, -0.25) is 0 Å². The predicted octanol–water partition coefficient (Wildman–Crippen LogP) is 5.15. The molecule has 0 aliphatic heterocycles. The van der Waals surface area contributed by atoms with Crippen molar-refractivity contribution in [1.82, 2.24) is 15.0 Å². The van der Waals surface area contributed by atoms with Crippen molar-refractivity contribution >= 4 is 40.9 Å². The number of hydrogen-bond acceptors (Lipinski definition) is 7. The molecule has 138 valence electrons. The van der Waals surface area contributed by atoms with Crippen LogP contribution in [0.15, 0.2) is 47.9 Å². The number of pyridine rings is 1. The number of benzene rings is 1. The van der Waals surface area contributed by atoms with Gasteiger partial charge in [0.05, 0.1) is 30.8 Å². The van der Waals surface area contributed by atoms with Gasteiger partial charge in [-0.2, -0.15) is 0 Å². The number of hydrogen-bond donors (Lipinski definition) is 0. The first kappa shape index (κ1) is 19.4. The smallest absolute Gasteiger partial charge is 0.338 e. The van der Waals surface area contributed by atoms with Gasteiger partial charge in [0.2, 0.25) is 5.88 Å². The number of carbonyl (C=O) groups excluding carboxylic acids is 1. The molecule has 0 spiro atoms. The highest BCUT2D eigenvalue weighted by atomic mass is 35.5. The summed E-state index contributed by atoms with van der Waals surface area (Å²) in [6.07, 6.45) is 4.93. The van der Waals surface area contributed by atoms with Crippen molar-refractivity contribution < 1.29 is 14.3 Å². The van der Waals surface area contributed by atoms with Crippen molar-refractivity contribution in [3.63, 3.8) is 0 Å². The molecule has 0 atom stereocenters. The van der Waals surface area contributed by atoms with Crippen LogP contribution in [0.3, 0.4) is 0 Å². The molecule has 0 bridgehead atoms. The van der Waals surface area contributed by atoms with Crippen molar-refractivity contribution in [3.8, 4) is 22.9 Å². The van der Waals surface area contributed by atoms with E-state index in [-0.39, 0.29) is 11.4 Å². The minimum Gasteiger partial charge on any atom is -0.465 e. The lowest BCUT2D eigenvalue weighted by molar-refractivity contribution is 0.0600. The van der Waals surface area contributed by atoms with Crippen molar-refractivity contribution in [1.29, 1.82) is 0 Å². The fraction of sp³-hybridized carbons (Fsp3) is 0.111. The molecule has 0 saturated heterocycles.